The second-order valence-corrected chi connectivity index (χ2v) is 9.70. The molecule has 8 nitrogen and oxygen atoms in total. The quantitative estimate of drug-likeness (QED) is 0.477. The van der Waals surface area contributed by atoms with Gasteiger partial charge in [0.15, 0.2) is 0 Å². The van der Waals surface area contributed by atoms with Crippen LogP contribution in [0.15, 0.2) is 11.6 Å². The average Bonchev–Trinajstić information content (AvgIpc) is 3.26. The maximum absolute atomic E-state index is 13.4. The van der Waals surface area contributed by atoms with E-state index in [4.69, 9.17) is 4.74 Å². The van der Waals surface area contributed by atoms with Gasteiger partial charge in [-0.25, -0.2) is 0 Å². The van der Waals surface area contributed by atoms with Gasteiger partial charge in [-0.2, -0.15) is 5.26 Å². The number of fused-ring (bicyclic) bond motifs is 1. The van der Waals surface area contributed by atoms with Crippen molar-refractivity contribution in [2.24, 2.45) is 0 Å². The molecule has 0 bridgehead atoms. The molecule has 2 aliphatic rings. The molecule has 0 aromatic carbocycles. The van der Waals surface area contributed by atoms with Crippen LogP contribution in [0.1, 0.15) is 79.6 Å². The Morgan fingerprint density at radius 1 is 1.26 bits per heavy atom. The number of carbonyl (C=O) groups excluding carboxylic acids is 1. The first-order valence-corrected chi connectivity index (χ1v) is 12.4. The van der Waals surface area contributed by atoms with Crippen molar-refractivity contribution >= 4 is 12.0 Å². The number of carbonyl (C=O) groups is 1. The van der Waals surface area contributed by atoms with Crippen LogP contribution >= 0.6 is 0 Å². The van der Waals surface area contributed by atoms with Crippen molar-refractivity contribution in [2.45, 2.75) is 77.8 Å². The molecule has 1 saturated heterocycles. The van der Waals surface area contributed by atoms with Gasteiger partial charge in [0.25, 0.3) is 5.91 Å². The lowest BCUT2D eigenvalue weighted by molar-refractivity contribution is -0.127. The fourth-order valence-corrected chi connectivity index (χ4v) is 5.59. The summed E-state index contributed by atoms with van der Waals surface area (Å²) in [5.74, 6) is 2.05. The van der Waals surface area contributed by atoms with E-state index in [0.29, 0.717) is 19.7 Å². The summed E-state index contributed by atoms with van der Waals surface area (Å²) in [5.41, 5.74) is 3.20. The van der Waals surface area contributed by atoms with E-state index in [1.54, 1.807) is 13.2 Å². The van der Waals surface area contributed by atoms with Crippen LogP contribution in [0.3, 0.4) is 0 Å². The van der Waals surface area contributed by atoms with Gasteiger partial charge in [0.05, 0.1) is 12.6 Å². The Bertz CT molecular complexity index is 1110. The predicted octanol–water partition coefficient (Wildman–Crippen LogP) is 3.94. The second kappa shape index (κ2) is 10.6. The second-order valence-electron chi connectivity index (χ2n) is 9.70. The van der Waals surface area contributed by atoms with Gasteiger partial charge < -0.3 is 18.8 Å². The lowest BCUT2D eigenvalue weighted by atomic mass is 9.96. The summed E-state index contributed by atoms with van der Waals surface area (Å²) < 4.78 is 9.80. The first-order valence-electron chi connectivity index (χ1n) is 12.4. The first kappa shape index (κ1) is 24.2. The molecule has 1 fully saturated rings. The van der Waals surface area contributed by atoms with Gasteiger partial charge >= 0.3 is 0 Å². The van der Waals surface area contributed by atoms with Gasteiger partial charge in [-0.05, 0) is 64.2 Å². The molecule has 0 N–H and O–H groups in total. The van der Waals surface area contributed by atoms with Crippen LogP contribution in [0.2, 0.25) is 0 Å². The predicted molar refractivity (Wildman–Crippen MR) is 130 cm³/mol. The summed E-state index contributed by atoms with van der Waals surface area (Å²) in [6.45, 7) is 8.98. The van der Waals surface area contributed by atoms with Gasteiger partial charge in [-0.3, -0.25) is 4.79 Å². The molecule has 1 amide bonds. The number of piperidine rings is 1. The fraction of sp³-hybridized carbons (Fsp3) is 0.615. The van der Waals surface area contributed by atoms with Gasteiger partial charge in [-0.1, -0.05) is 6.42 Å². The molecule has 2 aliphatic heterocycles. The maximum Gasteiger partial charge on any atom is 0.264 e. The summed E-state index contributed by atoms with van der Waals surface area (Å²) in [4.78, 5) is 15.2. The Balaban J connectivity index is 1.54. The smallest absolute Gasteiger partial charge is 0.264 e. The minimum atomic E-state index is -0.197. The molecule has 0 aliphatic carbocycles. The van der Waals surface area contributed by atoms with E-state index in [2.05, 4.69) is 32.3 Å². The SMILES string of the molecule is COCC(C)n1c(C)cc(/C=C(/C#N)C(=O)N2CCCC(c3nnc4n3CCCCC4)C2)c1C. The highest BCUT2D eigenvalue weighted by Gasteiger charge is 2.31. The number of hydrogen-bond donors (Lipinski definition) is 0. The Hall–Kier alpha value is -2.92. The maximum atomic E-state index is 13.4. The van der Waals surface area contributed by atoms with Gasteiger partial charge in [0.1, 0.15) is 23.3 Å². The number of nitrogens with zero attached hydrogens (tertiary/aromatic N) is 6. The number of hydrogen-bond acceptors (Lipinski definition) is 5. The average molecular weight is 465 g/mol. The Kier molecular flexibility index (Phi) is 7.52. The highest BCUT2D eigenvalue weighted by molar-refractivity contribution is 6.01. The van der Waals surface area contributed by atoms with E-state index in [-0.39, 0.29) is 23.4 Å². The molecule has 0 spiro atoms. The van der Waals surface area contributed by atoms with E-state index in [1.807, 2.05) is 24.8 Å². The van der Waals surface area contributed by atoms with Crippen LogP contribution in [-0.4, -0.2) is 56.9 Å². The molecule has 2 aromatic heterocycles. The standard InChI is InChI=1S/C26H36N6O2/c1-18-13-22(20(3)32(18)19(2)17-34-4)14-23(15-27)26(33)30-11-8-9-21(16-30)25-29-28-24-10-6-5-7-12-31(24)25/h13-14,19,21H,5-12,16-17H2,1-4H3/b23-14-. The molecule has 0 radical (unpaired) electrons. The zero-order valence-corrected chi connectivity index (χ0v) is 20.9. The van der Waals surface area contributed by atoms with Crippen LogP contribution in [0, 0.1) is 25.2 Å². The van der Waals surface area contributed by atoms with E-state index >= 15 is 0 Å². The van der Waals surface area contributed by atoms with E-state index in [0.717, 1.165) is 67.2 Å². The Labute approximate surface area is 202 Å². The van der Waals surface area contributed by atoms with Gasteiger partial charge in [-0.15, -0.1) is 10.2 Å². The summed E-state index contributed by atoms with van der Waals surface area (Å²) in [6, 6.07) is 4.38. The summed E-state index contributed by atoms with van der Waals surface area (Å²) in [7, 11) is 1.70. The highest BCUT2D eigenvalue weighted by Crippen LogP contribution is 2.29. The molecule has 8 heteroatoms. The largest absolute Gasteiger partial charge is 0.383 e. The molecular weight excluding hydrogens is 428 g/mol. The molecular formula is C26H36N6O2. The van der Waals surface area contributed by atoms with E-state index < -0.39 is 0 Å². The highest BCUT2D eigenvalue weighted by atomic mass is 16.5. The fourth-order valence-electron chi connectivity index (χ4n) is 5.59. The van der Waals surface area contributed by atoms with Crippen LogP contribution < -0.4 is 0 Å². The number of likely N-dealkylation sites (tertiary alicyclic amines) is 1. The minimum absolute atomic E-state index is 0.164. The molecule has 2 aromatic rings. The molecule has 182 valence electrons. The van der Waals surface area contributed by atoms with Crippen LogP contribution in [-0.2, 0) is 22.5 Å². The van der Waals surface area contributed by atoms with Crippen molar-refractivity contribution in [1.82, 2.24) is 24.2 Å². The molecule has 4 rings (SSSR count). The molecule has 2 unspecified atom stereocenters. The monoisotopic (exact) mass is 464 g/mol. The van der Waals surface area contributed by atoms with Crippen molar-refractivity contribution in [3.8, 4) is 6.07 Å². The number of methoxy groups -OCH3 is 1. The lowest BCUT2D eigenvalue weighted by Crippen LogP contribution is -2.40. The zero-order chi connectivity index (χ0) is 24.2. The van der Waals surface area contributed by atoms with Crippen LogP contribution in [0.25, 0.3) is 6.08 Å². The van der Waals surface area contributed by atoms with Crippen molar-refractivity contribution in [3.05, 3.63) is 40.2 Å². The van der Waals surface area contributed by atoms with Crippen LogP contribution in [0.5, 0.6) is 0 Å². The summed E-state index contributed by atoms with van der Waals surface area (Å²) >= 11 is 0. The Morgan fingerprint density at radius 2 is 2.09 bits per heavy atom. The van der Waals surface area contributed by atoms with Crippen LogP contribution in [0.4, 0.5) is 0 Å². The first-order chi connectivity index (χ1) is 16.4. The number of rotatable bonds is 6. The third-order valence-electron chi connectivity index (χ3n) is 7.23. The van der Waals surface area contributed by atoms with Gasteiger partial charge in [0.2, 0.25) is 0 Å². The van der Waals surface area contributed by atoms with E-state index in [1.165, 1.54) is 6.42 Å². The molecule has 4 heterocycles. The number of aryl methyl sites for hydroxylation is 2. The van der Waals surface area contributed by atoms with Crippen molar-refractivity contribution in [2.75, 3.05) is 26.8 Å². The third-order valence-corrected chi connectivity index (χ3v) is 7.23. The van der Waals surface area contributed by atoms with Crippen molar-refractivity contribution < 1.29 is 9.53 Å². The number of aromatic nitrogens is 4. The molecule has 34 heavy (non-hydrogen) atoms. The molecule has 0 saturated carbocycles. The lowest BCUT2D eigenvalue weighted by Gasteiger charge is -2.32. The van der Waals surface area contributed by atoms with E-state index in [9.17, 15) is 10.1 Å². The summed E-state index contributed by atoms with van der Waals surface area (Å²) in [6.07, 6.45) is 8.15. The molecule has 2 atom stereocenters. The minimum Gasteiger partial charge on any atom is -0.383 e. The third kappa shape index (κ3) is 4.80. The summed E-state index contributed by atoms with van der Waals surface area (Å²) in [5, 5.41) is 18.8. The number of nitriles is 1. The van der Waals surface area contributed by atoms with Crippen molar-refractivity contribution in [3.63, 3.8) is 0 Å². The normalized spacial score (nSPS) is 19.9. The number of ether oxygens (including phenoxy) is 1. The van der Waals surface area contributed by atoms with Gasteiger partial charge in [0, 0.05) is 50.5 Å². The Morgan fingerprint density at radius 3 is 2.85 bits per heavy atom. The zero-order valence-electron chi connectivity index (χ0n) is 20.9. The topological polar surface area (TPSA) is 89.0 Å². The van der Waals surface area contributed by atoms with Crippen molar-refractivity contribution in [1.29, 1.82) is 5.26 Å². The number of amides is 1.